The first kappa shape index (κ1) is 24.6. The molecule has 2 aromatic carbocycles. The van der Waals surface area contributed by atoms with Gasteiger partial charge in [0.15, 0.2) is 4.34 Å². The van der Waals surface area contributed by atoms with Crippen molar-refractivity contribution in [3.63, 3.8) is 0 Å². The van der Waals surface area contributed by atoms with Crippen LogP contribution in [-0.4, -0.2) is 30.9 Å². The summed E-state index contributed by atoms with van der Waals surface area (Å²) in [4.78, 5) is 4.29. The summed E-state index contributed by atoms with van der Waals surface area (Å²) in [5, 5.41) is 11.0. The molecule has 0 spiro atoms. The van der Waals surface area contributed by atoms with Gasteiger partial charge in [0.1, 0.15) is 16.4 Å². The van der Waals surface area contributed by atoms with Gasteiger partial charge in [-0.25, -0.2) is 18.1 Å². The third kappa shape index (κ3) is 5.07. The van der Waals surface area contributed by atoms with Gasteiger partial charge in [-0.2, -0.15) is 0 Å². The zero-order valence-electron chi connectivity index (χ0n) is 18.1. The van der Waals surface area contributed by atoms with Crippen molar-refractivity contribution in [2.75, 3.05) is 0 Å². The third-order valence-electron chi connectivity index (χ3n) is 5.42. The molecule has 2 aliphatic rings. The summed E-state index contributed by atoms with van der Waals surface area (Å²) in [6.07, 6.45) is 3.30. The minimum Gasteiger partial charge on any atom is -0.506 e. The fourth-order valence-electron chi connectivity index (χ4n) is 3.90. The number of sulfonamides is 1. The molecule has 2 N–H and O–H groups in total. The number of fused-ring (bicyclic) bond motifs is 2. The molecular formula is C24H17F3N2O4S3. The average Bonchev–Trinajstić information content (AvgIpc) is 3.23. The van der Waals surface area contributed by atoms with E-state index in [2.05, 4.69) is 14.4 Å². The maximum Gasteiger partial charge on any atom is 0.573 e. The van der Waals surface area contributed by atoms with E-state index in [-0.39, 0.29) is 5.76 Å². The lowest BCUT2D eigenvalue weighted by Gasteiger charge is -2.31. The lowest BCUT2D eigenvalue weighted by atomic mass is 9.84. The molecule has 5 rings (SSSR count). The Morgan fingerprint density at radius 3 is 2.61 bits per heavy atom. The van der Waals surface area contributed by atoms with Gasteiger partial charge in [-0.15, -0.1) is 24.5 Å². The maximum atomic E-state index is 13.2. The molecule has 2 unspecified atom stereocenters. The van der Waals surface area contributed by atoms with Crippen LogP contribution in [0.3, 0.4) is 0 Å². The average molecular weight is 551 g/mol. The Morgan fingerprint density at radius 2 is 1.83 bits per heavy atom. The third-order valence-corrected chi connectivity index (χ3v) is 9.06. The molecule has 36 heavy (non-hydrogen) atoms. The van der Waals surface area contributed by atoms with E-state index in [1.54, 1.807) is 30.4 Å². The van der Waals surface area contributed by atoms with Crippen LogP contribution < -0.4 is 9.46 Å². The van der Waals surface area contributed by atoms with Crippen LogP contribution in [0.15, 0.2) is 104 Å². The molecule has 6 nitrogen and oxygen atoms in total. The van der Waals surface area contributed by atoms with Gasteiger partial charge in [-0.1, -0.05) is 60.3 Å². The van der Waals surface area contributed by atoms with E-state index < -0.39 is 39.0 Å². The summed E-state index contributed by atoms with van der Waals surface area (Å²) in [5.41, 5.74) is 1.28. The molecular weight excluding hydrogens is 533 g/mol. The van der Waals surface area contributed by atoms with Crippen LogP contribution in [0.2, 0.25) is 0 Å². The summed E-state index contributed by atoms with van der Waals surface area (Å²) in [7, 11) is -4.45. The number of aliphatic hydroxyl groups excluding tert-OH is 1. The quantitative estimate of drug-likeness (QED) is 0.387. The van der Waals surface area contributed by atoms with Crippen LogP contribution in [0.1, 0.15) is 0 Å². The zero-order chi connectivity index (χ0) is 25.5. The standard InChI is InChI=1S/C24H17F3N2O4S3/c25-24(26,27)33-18-10-4-6-12-21(18)36(31,32)29-17-13-20(22(30)15-8-2-1-7-14(15)17)35-23-28-16-9-3-5-11-19(16)34-23/h1-14,17,29-30H. The summed E-state index contributed by atoms with van der Waals surface area (Å²) in [5.74, 6) is -1.42. The van der Waals surface area contributed by atoms with Gasteiger partial charge in [0.2, 0.25) is 10.0 Å². The lowest BCUT2D eigenvalue weighted by Crippen LogP contribution is -2.41. The van der Waals surface area contributed by atoms with Crippen LogP contribution in [0.5, 0.6) is 5.75 Å². The van der Waals surface area contributed by atoms with Crippen LogP contribution in [0.4, 0.5) is 13.2 Å². The van der Waals surface area contributed by atoms with Crippen LogP contribution in [0, 0.1) is 5.92 Å². The SMILES string of the molecule is O=S(=O)(NC1C=C(Sc2nc3ccccc3s2)C(O)=C2C=CC=CC21)c1ccccc1OC(F)(F)F. The lowest BCUT2D eigenvalue weighted by molar-refractivity contribution is -0.275. The molecule has 1 heterocycles. The number of rotatable bonds is 6. The molecule has 2 aliphatic carbocycles. The highest BCUT2D eigenvalue weighted by Crippen LogP contribution is 2.43. The van der Waals surface area contributed by atoms with Crippen molar-refractivity contribution in [2.45, 2.75) is 21.6 Å². The summed E-state index contributed by atoms with van der Waals surface area (Å²) in [6.45, 7) is 0. The molecule has 0 bridgehead atoms. The molecule has 1 aromatic heterocycles. The summed E-state index contributed by atoms with van der Waals surface area (Å²) < 4.78 is 73.1. The number of aliphatic hydroxyl groups is 1. The molecule has 0 fully saturated rings. The van der Waals surface area contributed by atoms with Crippen molar-refractivity contribution in [3.05, 3.63) is 95.1 Å². The number of allylic oxidation sites excluding steroid dienone is 3. The first-order chi connectivity index (χ1) is 17.1. The fourth-order valence-corrected chi connectivity index (χ4v) is 7.39. The van der Waals surface area contributed by atoms with Crippen molar-refractivity contribution < 1.29 is 31.4 Å². The number of nitrogens with zero attached hydrogens (tertiary/aromatic N) is 1. The van der Waals surface area contributed by atoms with E-state index in [1.807, 2.05) is 24.3 Å². The highest BCUT2D eigenvalue weighted by atomic mass is 32.2. The second kappa shape index (κ2) is 9.43. The fraction of sp³-hybridized carbons (Fsp3) is 0.125. The summed E-state index contributed by atoms with van der Waals surface area (Å²) in [6, 6.07) is 11.2. The van der Waals surface area contributed by atoms with Gasteiger partial charge < -0.3 is 9.84 Å². The minimum atomic E-state index is -5.06. The second-order valence-corrected chi connectivity index (χ2v) is 11.8. The topological polar surface area (TPSA) is 88.5 Å². The van der Waals surface area contributed by atoms with Gasteiger partial charge in [-0.3, -0.25) is 0 Å². The van der Waals surface area contributed by atoms with Gasteiger partial charge in [-0.05, 0) is 30.3 Å². The first-order valence-corrected chi connectivity index (χ1v) is 13.6. The highest BCUT2D eigenvalue weighted by Gasteiger charge is 2.37. The number of halogens is 3. The van der Waals surface area contributed by atoms with E-state index in [1.165, 1.54) is 35.2 Å². The molecule has 0 aliphatic heterocycles. The number of alkyl halides is 3. The van der Waals surface area contributed by atoms with Gasteiger partial charge in [0.05, 0.1) is 21.2 Å². The molecule has 0 amide bonds. The van der Waals surface area contributed by atoms with Gasteiger partial charge in [0.25, 0.3) is 0 Å². The second-order valence-electron chi connectivity index (χ2n) is 7.80. The Labute approximate surface area is 212 Å². The van der Waals surface area contributed by atoms with E-state index in [0.717, 1.165) is 22.3 Å². The number of aromatic nitrogens is 1. The predicted octanol–water partition coefficient (Wildman–Crippen LogP) is 6.09. The molecule has 186 valence electrons. The highest BCUT2D eigenvalue weighted by molar-refractivity contribution is 8.05. The molecule has 0 saturated carbocycles. The number of ether oxygens (including phenoxy) is 1. The number of thiazole rings is 1. The van der Waals surface area contributed by atoms with Crippen molar-refractivity contribution in [2.24, 2.45) is 5.92 Å². The Bertz CT molecular complexity index is 1520. The maximum absolute atomic E-state index is 13.2. The van der Waals surface area contributed by atoms with Gasteiger partial charge in [0, 0.05) is 11.5 Å². The first-order valence-electron chi connectivity index (χ1n) is 10.5. The van der Waals surface area contributed by atoms with Crippen molar-refractivity contribution in [1.29, 1.82) is 0 Å². The minimum absolute atomic E-state index is 0.0129. The normalized spacial score (nSPS) is 19.9. The van der Waals surface area contributed by atoms with E-state index >= 15 is 0 Å². The number of benzene rings is 2. The number of hydrogen-bond donors (Lipinski definition) is 2. The largest absolute Gasteiger partial charge is 0.573 e. The Hall–Kier alpha value is -3.06. The smallest absolute Gasteiger partial charge is 0.506 e. The van der Waals surface area contributed by atoms with Crippen molar-refractivity contribution in [3.8, 4) is 5.75 Å². The van der Waals surface area contributed by atoms with E-state index in [0.29, 0.717) is 14.8 Å². The van der Waals surface area contributed by atoms with Crippen LogP contribution in [-0.2, 0) is 10.0 Å². The number of hydrogen-bond acceptors (Lipinski definition) is 7. The monoisotopic (exact) mass is 550 g/mol. The summed E-state index contributed by atoms with van der Waals surface area (Å²) >= 11 is 2.61. The zero-order valence-corrected chi connectivity index (χ0v) is 20.6. The van der Waals surface area contributed by atoms with Crippen LogP contribution in [0.25, 0.3) is 10.2 Å². The van der Waals surface area contributed by atoms with Crippen molar-refractivity contribution >= 4 is 43.3 Å². The van der Waals surface area contributed by atoms with Crippen LogP contribution >= 0.6 is 23.1 Å². The van der Waals surface area contributed by atoms with Crippen molar-refractivity contribution in [1.82, 2.24) is 9.71 Å². The number of nitrogens with one attached hydrogen (secondary N) is 1. The molecule has 2 atom stereocenters. The number of para-hydroxylation sites is 2. The molecule has 3 aromatic rings. The molecule has 12 heteroatoms. The Kier molecular flexibility index (Phi) is 6.45. The molecule has 0 radical (unpaired) electrons. The molecule has 0 saturated heterocycles. The van der Waals surface area contributed by atoms with E-state index in [9.17, 15) is 26.7 Å². The number of thioether (sulfide) groups is 1. The van der Waals surface area contributed by atoms with Gasteiger partial charge >= 0.3 is 6.36 Å². The Balaban J connectivity index is 1.49. The van der Waals surface area contributed by atoms with E-state index in [4.69, 9.17) is 0 Å². The predicted molar refractivity (Wildman–Crippen MR) is 132 cm³/mol. The Morgan fingerprint density at radius 1 is 1.08 bits per heavy atom.